The van der Waals surface area contributed by atoms with Crippen molar-refractivity contribution in [3.63, 3.8) is 0 Å². The number of phenols is 2. The van der Waals surface area contributed by atoms with E-state index in [0.29, 0.717) is 0 Å². The molecule has 17 nitrogen and oxygen atoms in total. The van der Waals surface area contributed by atoms with E-state index in [9.17, 15) is 55.9 Å². The minimum Gasteiger partial charge on any atom is -0.508 e. The number of methoxy groups -OCH3 is 1. The molecule has 2 fully saturated rings. The number of phenolic OH excluding ortho intramolecular Hbond substituents is 2. The van der Waals surface area contributed by atoms with Gasteiger partial charge in [-0.15, -0.1) is 0 Å². The molecule has 2 saturated heterocycles. The van der Waals surface area contributed by atoms with Crippen LogP contribution in [-0.2, 0) is 9.47 Å². The molecule has 2 aliphatic rings. The van der Waals surface area contributed by atoms with Crippen LogP contribution < -0.4 is 19.6 Å². The van der Waals surface area contributed by atoms with Gasteiger partial charge in [-0.05, 0) is 18.2 Å². The fraction of sp³-hybridized carbons (Fsp3) is 0.464. The van der Waals surface area contributed by atoms with Crippen LogP contribution in [0.1, 0.15) is 0 Å². The van der Waals surface area contributed by atoms with Gasteiger partial charge in [0.15, 0.2) is 17.3 Å². The van der Waals surface area contributed by atoms with E-state index in [0.717, 1.165) is 12.1 Å². The van der Waals surface area contributed by atoms with Crippen LogP contribution in [0.5, 0.6) is 28.7 Å². The lowest BCUT2D eigenvalue weighted by Gasteiger charge is -2.39. The highest BCUT2D eigenvalue weighted by Crippen LogP contribution is 2.40. The highest BCUT2D eigenvalue weighted by molar-refractivity contribution is 5.88. The highest BCUT2D eigenvalue weighted by Gasteiger charge is 2.46. The van der Waals surface area contributed by atoms with E-state index in [1.807, 2.05) is 0 Å². The number of hydrogen-bond donors (Lipinski definition) is 10. The molecule has 2 aromatic carbocycles. The van der Waals surface area contributed by atoms with Crippen LogP contribution in [0.4, 0.5) is 0 Å². The van der Waals surface area contributed by atoms with Gasteiger partial charge in [0.05, 0.1) is 20.3 Å². The van der Waals surface area contributed by atoms with Crippen LogP contribution >= 0.6 is 0 Å². The zero-order chi connectivity index (χ0) is 32.7. The quantitative estimate of drug-likeness (QED) is 0.119. The van der Waals surface area contributed by atoms with E-state index in [2.05, 4.69) is 0 Å². The average molecular weight is 641 g/mol. The van der Waals surface area contributed by atoms with Gasteiger partial charge >= 0.3 is 0 Å². The molecule has 5 rings (SSSR count). The Labute approximate surface area is 252 Å². The molecule has 10 N–H and O–H groups in total. The summed E-state index contributed by atoms with van der Waals surface area (Å²) in [5, 5.41) is 100. The molecule has 17 heteroatoms. The molecule has 0 unspecified atom stereocenters. The Balaban J connectivity index is 1.58. The summed E-state index contributed by atoms with van der Waals surface area (Å²) in [4.78, 5) is 13.7. The van der Waals surface area contributed by atoms with Crippen LogP contribution in [-0.4, -0.2) is 133 Å². The van der Waals surface area contributed by atoms with E-state index in [1.54, 1.807) is 0 Å². The number of rotatable bonds is 8. The van der Waals surface area contributed by atoms with Crippen molar-refractivity contribution < 1.29 is 79.2 Å². The van der Waals surface area contributed by atoms with Gasteiger partial charge in [-0.2, -0.15) is 0 Å². The first-order chi connectivity index (χ1) is 21.4. The second kappa shape index (κ2) is 12.9. The first-order valence-corrected chi connectivity index (χ1v) is 13.6. The molecule has 0 amide bonds. The van der Waals surface area contributed by atoms with Crippen LogP contribution in [0.2, 0.25) is 0 Å². The fourth-order valence-electron chi connectivity index (χ4n) is 5.04. The standard InChI is InChI=1S/C28H32O17/c1-40-13-4-9(2-3-12(13)42-27-23(38)21(36)18(33)15(7-29)43-27)25-26(20(35)17-11(32)5-10(31)6-14(17)41-25)45-28-24(39)22(37)19(34)16(8-30)44-28/h2-6,15-16,18-19,21-24,27-34,36-39H,7-8H2,1H3/t15-,16-,18+,19+,21+,22+,23+,24+,27+,28-/m0/s1. The molecule has 0 saturated carbocycles. The van der Waals surface area contributed by atoms with Gasteiger partial charge in [0.2, 0.25) is 23.8 Å². The lowest BCUT2D eigenvalue weighted by molar-refractivity contribution is -0.277. The molecule has 0 radical (unpaired) electrons. The Morgan fingerprint density at radius 3 is 1.87 bits per heavy atom. The number of fused-ring (bicyclic) bond motifs is 1. The van der Waals surface area contributed by atoms with Crippen LogP contribution in [0, 0.1) is 0 Å². The van der Waals surface area contributed by atoms with Gasteiger partial charge in [0, 0.05) is 17.7 Å². The van der Waals surface area contributed by atoms with Gasteiger partial charge in [-0.3, -0.25) is 4.79 Å². The molecule has 0 aliphatic carbocycles. The van der Waals surface area contributed by atoms with E-state index >= 15 is 0 Å². The third-order valence-electron chi connectivity index (χ3n) is 7.52. The Morgan fingerprint density at radius 1 is 0.733 bits per heavy atom. The molecule has 3 aromatic rings. The number of aliphatic hydroxyl groups excluding tert-OH is 8. The first kappa shape index (κ1) is 32.6. The predicted molar refractivity (Wildman–Crippen MR) is 147 cm³/mol. The second-order valence-electron chi connectivity index (χ2n) is 10.4. The molecule has 1 aromatic heterocycles. The topological polar surface area (TPSA) is 279 Å². The van der Waals surface area contributed by atoms with Gasteiger partial charge in [-0.25, -0.2) is 0 Å². The maximum absolute atomic E-state index is 13.7. The summed E-state index contributed by atoms with van der Waals surface area (Å²) >= 11 is 0. The first-order valence-electron chi connectivity index (χ1n) is 13.6. The third-order valence-corrected chi connectivity index (χ3v) is 7.52. The summed E-state index contributed by atoms with van der Waals surface area (Å²) in [5.41, 5.74) is -1.23. The maximum atomic E-state index is 13.7. The summed E-state index contributed by atoms with van der Waals surface area (Å²) in [6, 6.07) is 5.83. The lowest BCUT2D eigenvalue weighted by Crippen LogP contribution is -2.60. The van der Waals surface area contributed by atoms with Crippen molar-refractivity contribution in [1.29, 1.82) is 0 Å². The largest absolute Gasteiger partial charge is 0.508 e. The average Bonchev–Trinajstić information content (AvgIpc) is 3.02. The minimum atomic E-state index is -1.91. The second-order valence-corrected chi connectivity index (χ2v) is 10.4. The summed E-state index contributed by atoms with van der Waals surface area (Å²) in [5.74, 6) is -2.25. The summed E-state index contributed by atoms with van der Waals surface area (Å²) in [6.45, 7) is -1.47. The van der Waals surface area contributed by atoms with E-state index < -0.39 is 103 Å². The summed E-state index contributed by atoms with van der Waals surface area (Å²) in [6.07, 6.45) is -16.6. The SMILES string of the molecule is COc1cc(-c2oc3cc(O)cc(O)c3c(=O)c2O[C@@H]2O[C@@H](CO)[C@@H](O)[C@@H](O)[C@H]2O)ccc1O[C@@H]1O[C@@H](CO)[C@@H](O)[C@@H](O)[C@H]1O. The Bertz CT molecular complexity index is 1570. The van der Waals surface area contributed by atoms with Gasteiger partial charge in [0.25, 0.3) is 0 Å². The van der Waals surface area contributed by atoms with Crippen molar-refractivity contribution in [2.45, 2.75) is 61.4 Å². The fourth-order valence-corrected chi connectivity index (χ4v) is 5.04. The van der Waals surface area contributed by atoms with Crippen LogP contribution in [0.3, 0.4) is 0 Å². The van der Waals surface area contributed by atoms with Crippen LogP contribution in [0.25, 0.3) is 22.3 Å². The molecule has 3 heterocycles. The Hall–Kier alpha value is -3.75. The molecule has 0 spiro atoms. The Morgan fingerprint density at radius 2 is 1.31 bits per heavy atom. The molecular weight excluding hydrogens is 608 g/mol. The maximum Gasteiger partial charge on any atom is 0.239 e. The van der Waals surface area contributed by atoms with Crippen molar-refractivity contribution in [1.82, 2.24) is 0 Å². The molecule has 0 bridgehead atoms. The van der Waals surface area contributed by atoms with Gasteiger partial charge in [0.1, 0.15) is 71.3 Å². The lowest BCUT2D eigenvalue weighted by atomic mass is 9.99. The monoisotopic (exact) mass is 640 g/mol. The van der Waals surface area contributed by atoms with Gasteiger partial charge < -0.3 is 79.2 Å². The van der Waals surface area contributed by atoms with Crippen molar-refractivity contribution in [3.05, 3.63) is 40.6 Å². The number of benzene rings is 2. The number of aliphatic hydroxyl groups is 8. The van der Waals surface area contributed by atoms with E-state index in [4.69, 9.17) is 28.1 Å². The Kier molecular flexibility index (Phi) is 9.38. The van der Waals surface area contributed by atoms with Gasteiger partial charge in [-0.1, -0.05) is 0 Å². The van der Waals surface area contributed by atoms with Crippen molar-refractivity contribution >= 4 is 11.0 Å². The minimum absolute atomic E-state index is 0.0504. The predicted octanol–water partition coefficient (Wildman–Crippen LogP) is -2.76. The summed E-state index contributed by atoms with van der Waals surface area (Å²) < 4.78 is 33.4. The normalized spacial score (nSPS) is 31.9. The van der Waals surface area contributed by atoms with Crippen molar-refractivity contribution in [3.8, 4) is 40.1 Å². The van der Waals surface area contributed by atoms with Crippen LogP contribution in [0.15, 0.2) is 39.5 Å². The zero-order valence-electron chi connectivity index (χ0n) is 23.4. The third kappa shape index (κ3) is 5.98. The molecule has 2 aliphatic heterocycles. The van der Waals surface area contributed by atoms with E-state index in [1.165, 1.54) is 25.3 Å². The van der Waals surface area contributed by atoms with Crippen molar-refractivity contribution in [2.75, 3.05) is 20.3 Å². The number of hydrogen-bond acceptors (Lipinski definition) is 17. The van der Waals surface area contributed by atoms with E-state index in [-0.39, 0.29) is 28.4 Å². The summed E-state index contributed by atoms with van der Waals surface area (Å²) in [7, 11) is 1.25. The number of ether oxygens (including phenoxy) is 5. The zero-order valence-corrected chi connectivity index (χ0v) is 23.4. The molecular formula is C28H32O17. The van der Waals surface area contributed by atoms with Crippen molar-refractivity contribution in [2.24, 2.45) is 0 Å². The molecule has 246 valence electrons. The highest BCUT2D eigenvalue weighted by atomic mass is 16.7. The smallest absolute Gasteiger partial charge is 0.239 e. The molecule has 10 atom stereocenters. The molecule has 45 heavy (non-hydrogen) atoms. The number of aromatic hydroxyl groups is 2.